The molecule has 0 saturated carbocycles. The smallest absolute Gasteiger partial charge is 0.0503 e. The van der Waals surface area contributed by atoms with E-state index < -0.39 is 0 Å². The number of likely N-dealkylation sites (tertiary alicyclic amines) is 1. The van der Waals surface area contributed by atoms with Gasteiger partial charge in [0, 0.05) is 31.9 Å². The number of hydrogen-bond donors (Lipinski definition) is 1. The maximum Gasteiger partial charge on any atom is 0.0503 e. The van der Waals surface area contributed by atoms with Crippen LogP contribution in [0.5, 0.6) is 0 Å². The van der Waals surface area contributed by atoms with E-state index in [-0.39, 0.29) is 0 Å². The molecule has 98 valence electrons. The van der Waals surface area contributed by atoms with Gasteiger partial charge in [0.15, 0.2) is 0 Å². The van der Waals surface area contributed by atoms with Crippen molar-refractivity contribution in [2.45, 2.75) is 18.9 Å². The first kappa shape index (κ1) is 12.0. The highest BCUT2D eigenvalue weighted by Gasteiger charge is 2.30. The van der Waals surface area contributed by atoms with E-state index in [1.165, 1.54) is 37.2 Å². The second-order valence-electron chi connectivity index (χ2n) is 5.50. The van der Waals surface area contributed by atoms with Crippen LogP contribution in [0.25, 0.3) is 0 Å². The molecule has 0 bridgehead atoms. The Labute approximate surface area is 109 Å². The predicted molar refractivity (Wildman–Crippen MR) is 74.0 cm³/mol. The molecular formula is C15H22N2O. The zero-order chi connectivity index (χ0) is 12.4. The first-order valence-corrected chi connectivity index (χ1v) is 6.91. The Morgan fingerprint density at radius 2 is 2.28 bits per heavy atom. The van der Waals surface area contributed by atoms with Gasteiger partial charge in [-0.25, -0.2) is 0 Å². The van der Waals surface area contributed by atoms with Gasteiger partial charge in [-0.2, -0.15) is 0 Å². The third-order valence-corrected chi connectivity index (χ3v) is 4.24. The molecule has 1 fully saturated rings. The van der Waals surface area contributed by atoms with E-state index in [1.54, 1.807) is 7.11 Å². The lowest BCUT2D eigenvalue weighted by Gasteiger charge is -2.33. The van der Waals surface area contributed by atoms with Gasteiger partial charge in [-0.3, -0.25) is 4.90 Å². The monoisotopic (exact) mass is 246 g/mol. The Balaban J connectivity index is 1.63. The average Bonchev–Trinajstić information content (AvgIpc) is 2.87. The fourth-order valence-corrected chi connectivity index (χ4v) is 3.25. The molecule has 1 aromatic carbocycles. The summed E-state index contributed by atoms with van der Waals surface area (Å²) in [4.78, 5) is 2.63. The van der Waals surface area contributed by atoms with E-state index in [9.17, 15) is 0 Å². The summed E-state index contributed by atoms with van der Waals surface area (Å²) < 4.78 is 5.28. The van der Waals surface area contributed by atoms with Crippen molar-refractivity contribution in [1.82, 2.24) is 4.90 Å². The number of anilines is 1. The van der Waals surface area contributed by atoms with Crippen LogP contribution < -0.4 is 5.32 Å². The Hall–Kier alpha value is -1.06. The normalized spacial score (nSPS) is 27.8. The molecule has 2 heterocycles. The Morgan fingerprint density at radius 1 is 1.39 bits per heavy atom. The second kappa shape index (κ2) is 5.29. The minimum atomic E-state index is 0.654. The lowest BCUT2D eigenvalue weighted by molar-refractivity contribution is 0.147. The van der Waals surface area contributed by atoms with Crippen molar-refractivity contribution in [3.63, 3.8) is 0 Å². The summed E-state index contributed by atoms with van der Waals surface area (Å²) in [5.74, 6) is 0.729. The molecule has 0 aliphatic carbocycles. The molecule has 3 heteroatoms. The van der Waals surface area contributed by atoms with Gasteiger partial charge in [0.25, 0.3) is 0 Å². The quantitative estimate of drug-likeness (QED) is 0.882. The van der Waals surface area contributed by atoms with Crippen LogP contribution in [0.4, 0.5) is 5.69 Å². The fraction of sp³-hybridized carbons (Fsp3) is 0.600. The molecule has 3 rings (SSSR count). The molecule has 3 nitrogen and oxygen atoms in total. The van der Waals surface area contributed by atoms with Crippen molar-refractivity contribution in [1.29, 1.82) is 0 Å². The number of methoxy groups -OCH3 is 1. The molecule has 1 aromatic rings. The third kappa shape index (κ3) is 2.38. The van der Waals surface area contributed by atoms with E-state index in [1.807, 2.05) is 0 Å². The largest absolute Gasteiger partial charge is 0.384 e. The second-order valence-corrected chi connectivity index (χ2v) is 5.50. The van der Waals surface area contributed by atoms with E-state index in [4.69, 9.17) is 4.74 Å². The Bertz CT molecular complexity index is 407. The molecule has 0 aromatic heterocycles. The number of para-hydroxylation sites is 1. The highest BCUT2D eigenvalue weighted by atomic mass is 16.5. The first-order valence-electron chi connectivity index (χ1n) is 6.91. The van der Waals surface area contributed by atoms with Gasteiger partial charge in [0.05, 0.1) is 6.61 Å². The fourth-order valence-electron chi connectivity index (χ4n) is 3.25. The van der Waals surface area contributed by atoms with E-state index in [0.717, 1.165) is 19.1 Å². The number of rotatable bonds is 3. The Kier molecular flexibility index (Phi) is 3.52. The molecule has 1 saturated heterocycles. The minimum absolute atomic E-state index is 0.654. The number of nitrogens with one attached hydrogen (secondary N) is 1. The lowest BCUT2D eigenvalue weighted by atomic mass is 9.99. The van der Waals surface area contributed by atoms with Crippen molar-refractivity contribution in [2.24, 2.45) is 5.92 Å². The number of benzene rings is 1. The average molecular weight is 246 g/mol. The molecule has 0 amide bonds. The maximum atomic E-state index is 5.28. The van der Waals surface area contributed by atoms with Gasteiger partial charge in [-0.15, -0.1) is 0 Å². The summed E-state index contributed by atoms with van der Waals surface area (Å²) in [5, 5.41) is 3.56. The van der Waals surface area contributed by atoms with Gasteiger partial charge in [0.1, 0.15) is 0 Å². The van der Waals surface area contributed by atoms with Crippen molar-refractivity contribution in [2.75, 3.05) is 38.7 Å². The van der Waals surface area contributed by atoms with Crippen LogP contribution in [0.1, 0.15) is 12.0 Å². The van der Waals surface area contributed by atoms with Crippen LogP contribution in [-0.2, 0) is 11.2 Å². The summed E-state index contributed by atoms with van der Waals surface area (Å²) in [6.07, 6.45) is 2.47. The molecular weight excluding hydrogens is 224 g/mol. The summed E-state index contributed by atoms with van der Waals surface area (Å²) in [6, 6.07) is 9.33. The zero-order valence-corrected chi connectivity index (χ0v) is 11.1. The van der Waals surface area contributed by atoms with Crippen molar-refractivity contribution in [3.8, 4) is 0 Å². The van der Waals surface area contributed by atoms with Gasteiger partial charge in [-0.1, -0.05) is 18.2 Å². The van der Waals surface area contributed by atoms with Gasteiger partial charge < -0.3 is 10.1 Å². The summed E-state index contributed by atoms with van der Waals surface area (Å²) in [5.41, 5.74) is 2.78. The van der Waals surface area contributed by atoms with Crippen molar-refractivity contribution < 1.29 is 4.74 Å². The number of nitrogens with zero attached hydrogens (tertiary/aromatic N) is 1. The summed E-state index contributed by atoms with van der Waals surface area (Å²) >= 11 is 0. The first-order chi connectivity index (χ1) is 8.86. The number of hydrogen-bond acceptors (Lipinski definition) is 3. The molecule has 2 unspecified atom stereocenters. The molecule has 2 atom stereocenters. The van der Waals surface area contributed by atoms with Crippen molar-refractivity contribution >= 4 is 5.69 Å². The molecule has 2 aliphatic rings. The van der Waals surface area contributed by atoms with E-state index in [0.29, 0.717) is 6.04 Å². The highest BCUT2D eigenvalue weighted by molar-refractivity contribution is 5.53. The van der Waals surface area contributed by atoms with E-state index in [2.05, 4.69) is 34.5 Å². The number of ether oxygens (including phenoxy) is 1. The molecule has 0 spiro atoms. The molecule has 18 heavy (non-hydrogen) atoms. The molecule has 1 N–H and O–H groups in total. The number of fused-ring (bicyclic) bond motifs is 1. The summed E-state index contributed by atoms with van der Waals surface area (Å²) in [7, 11) is 1.81. The van der Waals surface area contributed by atoms with Crippen LogP contribution in [-0.4, -0.2) is 44.3 Å². The summed E-state index contributed by atoms with van der Waals surface area (Å²) in [6.45, 7) is 4.41. The van der Waals surface area contributed by atoms with Crippen LogP contribution in [0.15, 0.2) is 24.3 Å². The van der Waals surface area contributed by atoms with E-state index >= 15 is 0 Å². The Morgan fingerprint density at radius 3 is 3.17 bits per heavy atom. The SMILES string of the molecule is COCC1CCN(C2CNc3ccccc3C2)C1. The van der Waals surface area contributed by atoms with Gasteiger partial charge in [0.2, 0.25) is 0 Å². The minimum Gasteiger partial charge on any atom is -0.384 e. The highest BCUT2D eigenvalue weighted by Crippen LogP contribution is 2.27. The van der Waals surface area contributed by atoms with Crippen LogP contribution in [0.2, 0.25) is 0 Å². The standard InChI is InChI=1S/C15H22N2O/c1-18-11-12-6-7-17(10-12)14-8-13-4-2-3-5-15(13)16-9-14/h2-5,12,14,16H,6-11H2,1H3. The van der Waals surface area contributed by atoms with Crippen LogP contribution >= 0.6 is 0 Å². The maximum absolute atomic E-state index is 5.28. The lowest BCUT2D eigenvalue weighted by Crippen LogP contribution is -2.42. The molecule has 0 radical (unpaired) electrons. The van der Waals surface area contributed by atoms with Gasteiger partial charge >= 0.3 is 0 Å². The van der Waals surface area contributed by atoms with Crippen molar-refractivity contribution in [3.05, 3.63) is 29.8 Å². The van der Waals surface area contributed by atoms with Crippen LogP contribution in [0.3, 0.4) is 0 Å². The topological polar surface area (TPSA) is 24.5 Å². The van der Waals surface area contributed by atoms with Crippen LogP contribution in [0, 0.1) is 5.92 Å². The van der Waals surface area contributed by atoms with Gasteiger partial charge in [-0.05, 0) is 36.9 Å². The predicted octanol–water partition coefficient (Wildman–Crippen LogP) is 1.99. The third-order valence-electron chi connectivity index (χ3n) is 4.24. The zero-order valence-electron chi connectivity index (χ0n) is 11.1. The molecule has 2 aliphatic heterocycles.